The number of hydrogen-bond acceptors (Lipinski definition) is 3. The lowest BCUT2D eigenvalue weighted by Gasteiger charge is -2.23. The molecule has 2 N–H and O–H groups in total. The molecule has 1 saturated carbocycles. The third kappa shape index (κ3) is 5.29. The first-order valence-corrected chi connectivity index (χ1v) is 7.34. The smallest absolute Gasteiger partial charge is 0.303 e. The fraction of sp³-hybridized carbons (Fsp3) is 0.846. The van der Waals surface area contributed by atoms with Crippen LogP contribution in [0.1, 0.15) is 47.0 Å². The SMILES string of the molecule is CC(SCC1(CC(=O)O)CC1)C(=O)NC(C)(C)C. The Morgan fingerprint density at radius 3 is 2.33 bits per heavy atom. The summed E-state index contributed by atoms with van der Waals surface area (Å²) in [6.45, 7) is 7.74. The monoisotopic (exact) mass is 273 g/mol. The number of amides is 1. The molecule has 1 unspecified atom stereocenters. The molecule has 0 spiro atoms. The number of thioether (sulfide) groups is 1. The highest BCUT2D eigenvalue weighted by molar-refractivity contribution is 8.00. The zero-order valence-corrected chi connectivity index (χ0v) is 12.4. The molecule has 1 fully saturated rings. The number of carbonyl (C=O) groups is 2. The summed E-state index contributed by atoms with van der Waals surface area (Å²) in [5.41, 5.74) is -0.267. The van der Waals surface area contributed by atoms with E-state index < -0.39 is 5.97 Å². The van der Waals surface area contributed by atoms with Crippen molar-refractivity contribution >= 4 is 23.6 Å². The molecule has 4 nitrogen and oxygen atoms in total. The maximum atomic E-state index is 11.9. The van der Waals surface area contributed by atoms with Crippen molar-refractivity contribution in [2.75, 3.05) is 5.75 Å². The molecule has 1 rings (SSSR count). The van der Waals surface area contributed by atoms with Gasteiger partial charge in [0.25, 0.3) is 0 Å². The van der Waals surface area contributed by atoms with Crippen molar-refractivity contribution in [3.63, 3.8) is 0 Å². The summed E-state index contributed by atoms with van der Waals surface area (Å²) in [7, 11) is 0. The summed E-state index contributed by atoms with van der Waals surface area (Å²) in [6.07, 6.45) is 2.17. The Morgan fingerprint density at radius 2 is 1.94 bits per heavy atom. The second kappa shape index (κ2) is 5.51. The molecular weight excluding hydrogens is 250 g/mol. The average molecular weight is 273 g/mol. The van der Waals surface area contributed by atoms with Crippen LogP contribution in [0.3, 0.4) is 0 Å². The molecule has 1 aliphatic carbocycles. The van der Waals surface area contributed by atoms with E-state index in [1.54, 1.807) is 11.8 Å². The second-order valence-corrected chi connectivity index (χ2v) is 7.59. The summed E-state index contributed by atoms with van der Waals surface area (Å²) in [5, 5.41) is 11.6. The predicted octanol–water partition coefficient (Wildman–Crippen LogP) is 2.28. The Morgan fingerprint density at radius 1 is 1.39 bits per heavy atom. The number of hydrogen-bond donors (Lipinski definition) is 2. The fourth-order valence-corrected chi connectivity index (χ4v) is 2.92. The van der Waals surface area contributed by atoms with E-state index in [-0.39, 0.29) is 28.5 Å². The topological polar surface area (TPSA) is 66.4 Å². The van der Waals surface area contributed by atoms with Gasteiger partial charge in [-0.1, -0.05) is 0 Å². The summed E-state index contributed by atoms with van der Waals surface area (Å²) >= 11 is 1.56. The first-order valence-electron chi connectivity index (χ1n) is 6.29. The minimum atomic E-state index is -0.736. The van der Waals surface area contributed by atoms with Crippen LogP contribution in [0.5, 0.6) is 0 Å². The highest BCUT2D eigenvalue weighted by Crippen LogP contribution is 2.51. The third-order valence-corrected chi connectivity index (χ3v) is 4.48. The zero-order valence-electron chi connectivity index (χ0n) is 11.6. The Hall–Kier alpha value is -0.710. The normalized spacial score (nSPS) is 19.1. The van der Waals surface area contributed by atoms with Gasteiger partial charge in [-0.05, 0) is 46.0 Å². The van der Waals surface area contributed by atoms with E-state index in [4.69, 9.17) is 5.11 Å². The van der Waals surface area contributed by atoms with Gasteiger partial charge >= 0.3 is 5.97 Å². The van der Waals surface area contributed by atoms with Crippen molar-refractivity contribution in [2.24, 2.45) is 5.41 Å². The van der Waals surface area contributed by atoms with Gasteiger partial charge in [-0.15, -0.1) is 11.8 Å². The molecule has 1 amide bonds. The summed E-state index contributed by atoms with van der Waals surface area (Å²) < 4.78 is 0. The molecule has 0 aromatic carbocycles. The van der Waals surface area contributed by atoms with Crippen LogP contribution in [0.2, 0.25) is 0 Å². The van der Waals surface area contributed by atoms with Gasteiger partial charge < -0.3 is 10.4 Å². The Bertz CT molecular complexity index is 332. The molecule has 5 heteroatoms. The lowest BCUT2D eigenvalue weighted by molar-refractivity contribution is -0.138. The molecule has 0 radical (unpaired) electrons. The van der Waals surface area contributed by atoms with Gasteiger partial charge in [0.1, 0.15) is 0 Å². The van der Waals surface area contributed by atoms with Crippen LogP contribution in [0.4, 0.5) is 0 Å². The number of carbonyl (C=O) groups excluding carboxylic acids is 1. The van der Waals surface area contributed by atoms with Crippen LogP contribution in [0.15, 0.2) is 0 Å². The number of rotatable bonds is 6. The molecule has 1 atom stereocenters. The second-order valence-electron chi connectivity index (χ2n) is 6.26. The van der Waals surface area contributed by atoms with E-state index >= 15 is 0 Å². The highest BCUT2D eigenvalue weighted by Gasteiger charge is 2.44. The van der Waals surface area contributed by atoms with Crippen LogP contribution in [-0.4, -0.2) is 33.5 Å². The largest absolute Gasteiger partial charge is 0.481 e. The quantitative estimate of drug-likeness (QED) is 0.779. The van der Waals surface area contributed by atoms with Gasteiger partial charge in [-0.25, -0.2) is 0 Å². The van der Waals surface area contributed by atoms with Crippen molar-refractivity contribution in [1.82, 2.24) is 5.32 Å². The molecule has 18 heavy (non-hydrogen) atoms. The van der Waals surface area contributed by atoms with Crippen molar-refractivity contribution in [2.45, 2.75) is 57.7 Å². The Kier molecular flexibility index (Phi) is 4.70. The van der Waals surface area contributed by atoms with Crippen LogP contribution in [0, 0.1) is 5.41 Å². The van der Waals surface area contributed by atoms with Crippen LogP contribution in [0.25, 0.3) is 0 Å². The Labute approximate surface area is 113 Å². The first-order chi connectivity index (χ1) is 8.14. The molecule has 0 aliphatic heterocycles. The predicted molar refractivity (Wildman–Crippen MR) is 73.7 cm³/mol. The standard InChI is InChI=1S/C13H23NO3S/c1-9(11(17)14-12(2,3)4)18-8-13(5-6-13)7-10(15)16/h9H,5-8H2,1-4H3,(H,14,17)(H,15,16). The van der Waals surface area contributed by atoms with Gasteiger partial charge in [-0.3, -0.25) is 9.59 Å². The minimum Gasteiger partial charge on any atom is -0.481 e. The highest BCUT2D eigenvalue weighted by atomic mass is 32.2. The van der Waals surface area contributed by atoms with E-state index in [0.29, 0.717) is 0 Å². The van der Waals surface area contributed by atoms with Gasteiger partial charge in [0.05, 0.1) is 11.7 Å². The lowest BCUT2D eigenvalue weighted by Crippen LogP contribution is -2.44. The molecule has 0 bridgehead atoms. The van der Waals surface area contributed by atoms with E-state index in [1.807, 2.05) is 27.7 Å². The first kappa shape index (κ1) is 15.3. The van der Waals surface area contributed by atoms with Crippen molar-refractivity contribution < 1.29 is 14.7 Å². The van der Waals surface area contributed by atoms with E-state index in [2.05, 4.69) is 5.32 Å². The van der Waals surface area contributed by atoms with Crippen molar-refractivity contribution in [1.29, 1.82) is 0 Å². The molecule has 0 aromatic heterocycles. The van der Waals surface area contributed by atoms with Crippen molar-refractivity contribution in [3.05, 3.63) is 0 Å². The van der Waals surface area contributed by atoms with Gasteiger partial charge in [0.2, 0.25) is 5.91 Å². The number of nitrogens with one attached hydrogen (secondary N) is 1. The molecular formula is C13H23NO3S. The third-order valence-electron chi connectivity index (χ3n) is 2.99. The summed E-state index contributed by atoms with van der Waals surface area (Å²) in [5.74, 6) is 0.0522. The van der Waals surface area contributed by atoms with Crippen LogP contribution < -0.4 is 5.32 Å². The number of aliphatic carboxylic acids is 1. The van der Waals surface area contributed by atoms with E-state index in [9.17, 15) is 9.59 Å². The summed E-state index contributed by atoms with van der Waals surface area (Å²) in [6, 6.07) is 0. The maximum absolute atomic E-state index is 11.9. The number of carboxylic acids is 1. The molecule has 104 valence electrons. The van der Waals surface area contributed by atoms with Gasteiger partial charge in [0, 0.05) is 11.3 Å². The summed E-state index contributed by atoms with van der Waals surface area (Å²) in [4.78, 5) is 22.6. The minimum absolute atomic E-state index is 0.0265. The maximum Gasteiger partial charge on any atom is 0.303 e. The van der Waals surface area contributed by atoms with E-state index in [0.717, 1.165) is 18.6 Å². The van der Waals surface area contributed by atoms with Crippen LogP contribution in [-0.2, 0) is 9.59 Å². The Balaban J connectivity index is 2.35. The zero-order chi connectivity index (χ0) is 14.0. The fourth-order valence-electron chi connectivity index (χ4n) is 1.72. The molecule has 0 aromatic rings. The molecule has 1 aliphatic rings. The number of carboxylic acid groups (broad SMARTS) is 1. The average Bonchev–Trinajstić information content (AvgIpc) is 2.91. The van der Waals surface area contributed by atoms with Crippen molar-refractivity contribution in [3.8, 4) is 0 Å². The lowest BCUT2D eigenvalue weighted by atomic mass is 10.1. The van der Waals surface area contributed by atoms with E-state index in [1.165, 1.54) is 0 Å². The van der Waals surface area contributed by atoms with Gasteiger partial charge in [0.15, 0.2) is 0 Å². The van der Waals surface area contributed by atoms with Gasteiger partial charge in [-0.2, -0.15) is 0 Å². The van der Waals surface area contributed by atoms with Crippen LogP contribution >= 0.6 is 11.8 Å². The molecule has 0 heterocycles. The molecule has 0 saturated heterocycles.